The van der Waals surface area contributed by atoms with Crippen molar-refractivity contribution in [3.8, 4) is 5.88 Å². The summed E-state index contributed by atoms with van der Waals surface area (Å²) >= 11 is 1.82. The predicted molar refractivity (Wildman–Crippen MR) is 145 cm³/mol. The van der Waals surface area contributed by atoms with E-state index in [-0.39, 0.29) is 11.5 Å². The summed E-state index contributed by atoms with van der Waals surface area (Å²) < 4.78 is 15.6. The molecule has 185 valence electrons. The molecule has 1 unspecified atom stereocenters. The van der Waals surface area contributed by atoms with Crippen molar-refractivity contribution in [3.63, 3.8) is 0 Å². The van der Waals surface area contributed by atoms with Crippen molar-refractivity contribution in [1.29, 1.82) is 0 Å². The lowest BCUT2D eigenvalue weighted by atomic mass is 9.87. The molecule has 34 heavy (non-hydrogen) atoms. The van der Waals surface area contributed by atoms with Crippen LogP contribution in [-0.2, 0) is 11.5 Å². The molecule has 1 aromatic carbocycles. The van der Waals surface area contributed by atoms with Gasteiger partial charge < -0.3 is 14.1 Å². The molecule has 0 bridgehead atoms. The van der Waals surface area contributed by atoms with E-state index in [0.717, 1.165) is 50.7 Å². The summed E-state index contributed by atoms with van der Waals surface area (Å²) in [7, 11) is 1.13. The van der Waals surface area contributed by atoms with Gasteiger partial charge in [-0.3, -0.25) is 4.90 Å². The quantitative estimate of drug-likeness (QED) is 0.284. The molecule has 8 heteroatoms. The number of thiophene rings is 1. The Hall–Kier alpha value is -1.87. The molecule has 1 fully saturated rings. The molecule has 0 saturated carbocycles. The number of anilines is 1. The number of aryl methyl sites for hydroxylation is 1. The van der Waals surface area contributed by atoms with Crippen molar-refractivity contribution in [3.05, 3.63) is 41.4 Å². The number of nitrogens with zero attached hydrogens (tertiary/aromatic N) is 4. The molecule has 1 saturated heterocycles. The van der Waals surface area contributed by atoms with Gasteiger partial charge in [-0.1, -0.05) is 26.8 Å². The number of hydrogen-bond donors (Lipinski definition) is 0. The van der Waals surface area contributed by atoms with Gasteiger partial charge in [-0.05, 0) is 48.5 Å². The third kappa shape index (κ3) is 6.03. The SMILES string of the molecule is Cn1nc(C(O[Si](C)C)C(C)(C)C)cc1OCCCN1CCN(c2cccc3sccc23)CC1. The summed E-state index contributed by atoms with van der Waals surface area (Å²) in [4.78, 5) is 5.09. The Morgan fingerprint density at radius 1 is 1.12 bits per heavy atom. The summed E-state index contributed by atoms with van der Waals surface area (Å²) in [5, 5.41) is 8.30. The summed E-state index contributed by atoms with van der Waals surface area (Å²) in [6, 6.07) is 11.0. The van der Waals surface area contributed by atoms with Crippen molar-refractivity contribution < 1.29 is 9.16 Å². The summed E-state index contributed by atoms with van der Waals surface area (Å²) in [6.45, 7) is 17.1. The molecule has 1 aliphatic rings. The van der Waals surface area contributed by atoms with Crippen LogP contribution in [-0.4, -0.2) is 63.1 Å². The maximum Gasteiger partial charge on any atom is 0.211 e. The van der Waals surface area contributed by atoms with Crippen LogP contribution in [0.2, 0.25) is 13.1 Å². The second-order valence-electron chi connectivity index (χ2n) is 10.4. The molecule has 1 atom stereocenters. The third-order valence-electron chi connectivity index (χ3n) is 6.32. The monoisotopic (exact) mass is 499 g/mol. The van der Waals surface area contributed by atoms with Crippen LogP contribution in [0, 0.1) is 5.41 Å². The fourth-order valence-electron chi connectivity index (χ4n) is 4.58. The van der Waals surface area contributed by atoms with E-state index in [1.165, 1.54) is 15.8 Å². The minimum absolute atomic E-state index is 0.00927. The molecular weight excluding hydrogens is 460 g/mol. The molecule has 0 spiro atoms. The van der Waals surface area contributed by atoms with Gasteiger partial charge in [-0.25, -0.2) is 4.68 Å². The molecule has 1 aliphatic heterocycles. The Morgan fingerprint density at radius 2 is 1.88 bits per heavy atom. The van der Waals surface area contributed by atoms with Gasteiger partial charge in [0.05, 0.1) is 18.4 Å². The highest BCUT2D eigenvalue weighted by molar-refractivity contribution is 7.17. The van der Waals surface area contributed by atoms with Gasteiger partial charge in [0.2, 0.25) is 14.9 Å². The zero-order valence-electron chi connectivity index (χ0n) is 21.5. The highest BCUT2D eigenvalue weighted by Gasteiger charge is 2.31. The maximum absolute atomic E-state index is 6.29. The second-order valence-corrected chi connectivity index (χ2v) is 13.4. The maximum atomic E-state index is 6.29. The first-order chi connectivity index (χ1) is 16.2. The van der Waals surface area contributed by atoms with Crippen molar-refractivity contribution >= 4 is 36.2 Å². The first kappa shape index (κ1) is 25.2. The fourth-order valence-corrected chi connectivity index (χ4v) is 6.34. The molecule has 3 aromatic rings. The van der Waals surface area contributed by atoms with E-state index in [1.807, 2.05) is 23.1 Å². The van der Waals surface area contributed by atoms with E-state index in [1.54, 1.807) is 0 Å². The average molecular weight is 500 g/mol. The lowest BCUT2D eigenvalue weighted by molar-refractivity contribution is 0.0822. The van der Waals surface area contributed by atoms with E-state index in [9.17, 15) is 0 Å². The normalized spacial score (nSPS) is 16.5. The summed E-state index contributed by atoms with van der Waals surface area (Å²) in [6.07, 6.45) is 0.993. The molecule has 0 N–H and O–H groups in total. The van der Waals surface area contributed by atoms with E-state index in [4.69, 9.17) is 14.3 Å². The number of fused-ring (bicyclic) bond motifs is 1. The highest BCUT2D eigenvalue weighted by atomic mass is 32.1. The zero-order chi connectivity index (χ0) is 24.3. The second kappa shape index (κ2) is 10.8. The number of hydrogen-bond acceptors (Lipinski definition) is 6. The molecular formula is C26H39N4O2SSi. The lowest BCUT2D eigenvalue weighted by Crippen LogP contribution is -2.46. The van der Waals surface area contributed by atoms with Gasteiger partial charge >= 0.3 is 0 Å². The van der Waals surface area contributed by atoms with Gasteiger partial charge in [0, 0.05) is 61.6 Å². The lowest BCUT2D eigenvalue weighted by Gasteiger charge is -2.36. The average Bonchev–Trinajstić information content (AvgIpc) is 3.41. The summed E-state index contributed by atoms with van der Waals surface area (Å²) in [5.41, 5.74) is 2.34. The minimum atomic E-state index is -0.827. The number of aromatic nitrogens is 2. The number of piperazine rings is 1. The Labute approximate surface area is 210 Å². The summed E-state index contributed by atoms with van der Waals surface area (Å²) in [5.74, 6) is 0.822. The van der Waals surface area contributed by atoms with Crippen LogP contribution in [0.25, 0.3) is 10.1 Å². The van der Waals surface area contributed by atoms with Crippen LogP contribution in [0.1, 0.15) is 39.0 Å². The van der Waals surface area contributed by atoms with Crippen LogP contribution in [0.5, 0.6) is 5.88 Å². The van der Waals surface area contributed by atoms with Gasteiger partial charge in [0.25, 0.3) is 0 Å². The predicted octanol–water partition coefficient (Wildman–Crippen LogP) is 5.58. The van der Waals surface area contributed by atoms with Crippen LogP contribution >= 0.6 is 11.3 Å². The fraction of sp³-hybridized carbons (Fsp3) is 0.577. The smallest absolute Gasteiger partial charge is 0.211 e. The minimum Gasteiger partial charge on any atom is -0.478 e. The molecule has 2 aromatic heterocycles. The van der Waals surface area contributed by atoms with Gasteiger partial charge in [0.1, 0.15) is 0 Å². The number of benzene rings is 1. The van der Waals surface area contributed by atoms with E-state index >= 15 is 0 Å². The van der Waals surface area contributed by atoms with E-state index < -0.39 is 9.04 Å². The van der Waals surface area contributed by atoms with Crippen molar-refractivity contribution in [2.75, 3.05) is 44.2 Å². The van der Waals surface area contributed by atoms with E-state index in [0.29, 0.717) is 6.61 Å². The highest BCUT2D eigenvalue weighted by Crippen LogP contribution is 2.37. The topological polar surface area (TPSA) is 42.8 Å². The third-order valence-corrected chi connectivity index (χ3v) is 7.91. The van der Waals surface area contributed by atoms with Crippen molar-refractivity contribution in [1.82, 2.24) is 14.7 Å². The Balaban J connectivity index is 1.24. The Bertz CT molecular complexity index is 1070. The van der Waals surface area contributed by atoms with Gasteiger partial charge in [-0.2, -0.15) is 5.10 Å². The van der Waals surface area contributed by atoms with Crippen molar-refractivity contribution in [2.45, 2.75) is 46.4 Å². The Kier molecular flexibility index (Phi) is 8.02. The largest absolute Gasteiger partial charge is 0.478 e. The number of rotatable bonds is 9. The number of ether oxygens (including phenoxy) is 1. The molecule has 1 radical (unpaired) electrons. The molecule has 6 nitrogen and oxygen atoms in total. The standard InChI is InChI=1S/C26H39N4O2SSi/c1-26(2,3)25(32-34(5)6)21-19-24(28(4)27-21)31-17-8-12-29-13-15-30(16-14-29)22-9-7-10-23-20(22)11-18-33-23/h7,9-11,18-19,25H,8,12-17H2,1-6H3. The van der Waals surface area contributed by atoms with Crippen molar-refractivity contribution in [2.24, 2.45) is 12.5 Å². The van der Waals surface area contributed by atoms with E-state index in [2.05, 4.69) is 79.4 Å². The molecule has 4 rings (SSSR count). The zero-order valence-corrected chi connectivity index (χ0v) is 23.3. The van der Waals surface area contributed by atoms with Crippen LogP contribution in [0.4, 0.5) is 5.69 Å². The molecule has 0 aliphatic carbocycles. The molecule has 3 heterocycles. The first-order valence-corrected chi connectivity index (χ1v) is 15.6. The van der Waals surface area contributed by atoms with Gasteiger partial charge in [-0.15, -0.1) is 11.3 Å². The van der Waals surface area contributed by atoms with Crippen LogP contribution < -0.4 is 9.64 Å². The van der Waals surface area contributed by atoms with Crippen LogP contribution in [0.3, 0.4) is 0 Å². The van der Waals surface area contributed by atoms with Crippen LogP contribution in [0.15, 0.2) is 35.7 Å². The van der Waals surface area contributed by atoms with Gasteiger partial charge in [0.15, 0.2) is 0 Å². The molecule has 0 amide bonds. The Morgan fingerprint density at radius 3 is 2.59 bits per heavy atom. The first-order valence-electron chi connectivity index (χ1n) is 12.3.